The molecule has 0 amide bonds. The molecule has 4 bridgehead atoms. The monoisotopic (exact) mass is 458 g/mol. The van der Waals surface area contributed by atoms with Gasteiger partial charge in [0.05, 0.1) is 22.3 Å². The number of Topliss-reactive ketones (excluding diaryl/α,β-unsaturated/α-hetero) is 1. The summed E-state index contributed by atoms with van der Waals surface area (Å²) in [6.07, 6.45) is 8.18. The van der Waals surface area contributed by atoms with Crippen molar-refractivity contribution >= 4 is 28.4 Å². The fourth-order valence-electron chi connectivity index (χ4n) is 7.05. The molecule has 0 spiro atoms. The molecule has 2 aromatic carbocycles. The minimum atomic E-state index is -0.119. The summed E-state index contributed by atoms with van der Waals surface area (Å²) in [6, 6.07) is 15.6. The van der Waals surface area contributed by atoms with Crippen LogP contribution in [0.2, 0.25) is 0 Å². The molecule has 0 N–H and O–H groups in total. The van der Waals surface area contributed by atoms with E-state index in [1.165, 1.54) is 36.6 Å². The molecule has 0 atom stereocenters. The van der Waals surface area contributed by atoms with Crippen molar-refractivity contribution in [3.8, 4) is 5.69 Å². The number of hydrogen-bond acceptors (Lipinski definition) is 4. The normalized spacial score (nSPS) is 27.8. The molecule has 4 fully saturated rings. The van der Waals surface area contributed by atoms with Gasteiger partial charge in [-0.15, -0.1) is 0 Å². The van der Waals surface area contributed by atoms with E-state index >= 15 is 0 Å². The topological polar surface area (TPSA) is 52.0 Å². The Morgan fingerprint density at radius 3 is 2.27 bits per heavy atom. The van der Waals surface area contributed by atoms with Crippen molar-refractivity contribution in [2.75, 3.05) is 5.75 Å². The van der Waals surface area contributed by atoms with Crippen LogP contribution >= 0.6 is 11.8 Å². The number of carbonyl (C=O) groups excluding carboxylic acids is 1. The van der Waals surface area contributed by atoms with Crippen molar-refractivity contribution in [3.63, 3.8) is 0 Å². The van der Waals surface area contributed by atoms with Gasteiger partial charge in [-0.25, -0.2) is 4.98 Å². The molecule has 0 saturated heterocycles. The SMILES string of the molecule is CCc1ccc(-n2c(SCC(=O)C34CC5CC(CC(C5)C3)C4)nc3ccccc3c2=O)cc1. The van der Waals surface area contributed by atoms with Crippen LogP contribution in [-0.4, -0.2) is 21.1 Å². The molecular weight excluding hydrogens is 428 g/mol. The third-order valence-electron chi connectivity index (χ3n) is 8.31. The summed E-state index contributed by atoms with van der Waals surface area (Å²) in [5.41, 5.74) is 2.53. The molecule has 1 aromatic heterocycles. The highest BCUT2D eigenvalue weighted by Crippen LogP contribution is 2.60. The van der Waals surface area contributed by atoms with Gasteiger partial charge in [-0.05, 0) is 92.5 Å². The zero-order chi connectivity index (χ0) is 22.6. The maximum atomic E-state index is 13.6. The lowest BCUT2D eigenvalue weighted by atomic mass is 9.48. The first-order valence-electron chi connectivity index (χ1n) is 12.3. The first kappa shape index (κ1) is 21.2. The van der Waals surface area contributed by atoms with Crippen LogP contribution in [0, 0.1) is 23.2 Å². The van der Waals surface area contributed by atoms with E-state index in [-0.39, 0.29) is 11.0 Å². The van der Waals surface area contributed by atoms with Crippen molar-refractivity contribution in [3.05, 3.63) is 64.4 Å². The number of carbonyl (C=O) groups is 1. The molecule has 4 nitrogen and oxygen atoms in total. The average Bonchev–Trinajstić information content (AvgIpc) is 2.82. The van der Waals surface area contributed by atoms with Crippen molar-refractivity contribution in [1.29, 1.82) is 0 Å². The molecular formula is C28H30N2O2S. The van der Waals surface area contributed by atoms with E-state index in [9.17, 15) is 9.59 Å². The molecule has 3 aromatic rings. The number of aryl methyl sites for hydroxylation is 1. The second kappa shape index (κ2) is 8.12. The predicted molar refractivity (Wildman–Crippen MR) is 133 cm³/mol. The highest BCUT2D eigenvalue weighted by Gasteiger charge is 2.54. The molecule has 1 heterocycles. The molecule has 0 aliphatic heterocycles. The van der Waals surface area contributed by atoms with E-state index in [0.717, 1.165) is 49.1 Å². The first-order chi connectivity index (χ1) is 16.0. The quantitative estimate of drug-likeness (QED) is 0.345. The number of benzene rings is 2. The maximum Gasteiger partial charge on any atom is 0.266 e. The van der Waals surface area contributed by atoms with E-state index in [1.807, 2.05) is 36.4 Å². The summed E-state index contributed by atoms with van der Waals surface area (Å²) >= 11 is 1.44. The van der Waals surface area contributed by atoms with Crippen molar-refractivity contribution in [2.24, 2.45) is 23.2 Å². The summed E-state index contributed by atoms with van der Waals surface area (Å²) in [4.78, 5) is 32.0. The standard InChI is InChI=1S/C28H30N2O2S/c1-2-18-7-9-22(10-8-18)30-26(32)23-5-3-4-6-24(23)29-27(30)33-17-25(31)28-14-19-11-20(15-28)13-21(12-19)16-28/h3-10,19-21H,2,11-17H2,1H3. The van der Waals surface area contributed by atoms with E-state index in [4.69, 9.17) is 4.98 Å². The molecule has 4 aliphatic carbocycles. The molecule has 4 aliphatic rings. The van der Waals surface area contributed by atoms with E-state index in [1.54, 1.807) is 4.57 Å². The summed E-state index contributed by atoms with van der Waals surface area (Å²) < 4.78 is 1.69. The zero-order valence-electron chi connectivity index (χ0n) is 19.1. The number of para-hydroxylation sites is 1. The second-order valence-corrected chi connectivity index (χ2v) is 11.4. The van der Waals surface area contributed by atoms with Crippen molar-refractivity contribution in [2.45, 2.75) is 57.0 Å². The van der Waals surface area contributed by atoms with Crippen molar-refractivity contribution < 1.29 is 4.79 Å². The molecule has 0 radical (unpaired) electrons. The van der Waals surface area contributed by atoms with Gasteiger partial charge in [0.25, 0.3) is 5.56 Å². The predicted octanol–water partition coefficient (Wildman–Crippen LogP) is 5.83. The van der Waals surface area contributed by atoms with E-state index < -0.39 is 0 Å². The minimum absolute atomic E-state index is 0.0744. The first-order valence-corrected chi connectivity index (χ1v) is 13.3. The summed E-state index contributed by atoms with van der Waals surface area (Å²) in [7, 11) is 0. The van der Waals surface area contributed by atoms with Gasteiger partial charge in [0.1, 0.15) is 5.78 Å². The molecule has 5 heteroatoms. The summed E-state index contributed by atoms with van der Waals surface area (Å²) in [5, 5.41) is 1.22. The largest absolute Gasteiger partial charge is 0.298 e. The highest BCUT2D eigenvalue weighted by atomic mass is 32.2. The van der Waals surface area contributed by atoms with Crippen LogP contribution in [0.15, 0.2) is 58.5 Å². The smallest absolute Gasteiger partial charge is 0.266 e. The highest BCUT2D eigenvalue weighted by molar-refractivity contribution is 7.99. The Morgan fingerprint density at radius 2 is 1.64 bits per heavy atom. The lowest BCUT2D eigenvalue weighted by molar-refractivity contribution is -0.141. The number of thioether (sulfide) groups is 1. The van der Waals surface area contributed by atoms with Crippen LogP contribution in [0.25, 0.3) is 16.6 Å². The number of hydrogen-bond donors (Lipinski definition) is 0. The fraction of sp³-hybridized carbons (Fsp3) is 0.464. The lowest BCUT2D eigenvalue weighted by Gasteiger charge is -2.56. The second-order valence-electron chi connectivity index (χ2n) is 10.5. The van der Waals surface area contributed by atoms with Crippen LogP contribution in [0.3, 0.4) is 0 Å². The van der Waals surface area contributed by atoms with Gasteiger partial charge >= 0.3 is 0 Å². The lowest BCUT2D eigenvalue weighted by Crippen LogP contribution is -2.50. The Kier molecular flexibility index (Phi) is 5.21. The van der Waals surface area contributed by atoms with Gasteiger partial charge in [-0.1, -0.05) is 43.0 Å². The van der Waals surface area contributed by atoms with Crippen molar-refractivity contribution in [1.82, 2.24) is 9.55 Å². The van der Waals surface area contributed by atoms with E-state index in [2.05, 4.69) is 19.1 Å². The maximum absolute atomic E-state index is 13.6. The fourth-order valence-corrected chi connectivity index (χ4v) is 8.10. The average molecular weight is 459 g/mol. The number of nitrogens with zero attached hydrogens (tertiary/aromatic N) is 2. The van der Waals surface area contributed by atoms with Crippen LogP contribution in [0.5, 0.6) is 0 Å². The number of ketones is 1. The van der Waals surface area contributed by atoms with Gasteiger partial charge in [-0.2, -0.15) is 0 Å². The zero-order valence-corrected chi connectivity index (χ0v) is 19.9. The van der Waals surface area contributed by atoms with Crippen LogP contribution in [-0.2, 0) is 11.2 Å². The number of fused-ring (bicyclic) bond motifs is 1. The van der Waals surface area contributed by atoms with Crippen LogP contribution in [0.1, 0.15) is 51.0 Å². The third kappa shape index (κ3) is 3.65. The summed E-state index contributed by atoms with van der Waals surface area (Å²) in [6.45, 7) is 2.12. The van der Waals surface area contributed by atoms with Gasteiger partial charge in [0.2, 0.25) is 0 Å². The minimum Gasteiger partial charge on any atom is -0.298 e. The molecule has 0 unspecified atom stereocenters. The third-order valence-corrected chi connectivity index (χ3v) is 9.25. The van der Waals surface area contributed by atoms with Gasteiger partial charge in [0, 0.05) is 5.41 Å². The van der Waals surface area contributed by atoms with Gasteiger partial charge in [0.15, 0.2) is 5.16 Å². The Morgan fingerprint density at radius 1 is 1.00 bits per heavy atom. The summed E-state index contributed by atoms with van der Waals surface area (Å²) in [5.74, 6) is 3.02. The Labute approximate surface area is 198 Å². The molecule has 33 heavy (non-hydrogen) atoms. The van der Waals surface area contributed by atoms with Crippen LogP contribution < -0.4 is 5.56 Å². The molecule has 7 rings (SSSR count). The molecule has 4 saturated carbocycles. The van der Waals surface area contributed by atoms with Gasteiger partial charge in [-0.3, -0.25) is 14.2 Å². The number of rotatable bonds is 6. The Hall–Kier alpha value is -2.40. The van der Waals surface area contributed by atoms with E-state index in [0.29, 0.717) is 27.6 Å². The Bertz CT molecular complexity index is 1240. The van der Waals surface area contributed by atoms with Gasteiger partial charge < -0.3 is 0 Å². The Balaban J connectivity index is 1.34. The van der Waals surface area contributed by atoms with Crippen LogP contribution in [0.4, 0.5) is 0 Å². The number of aromatic nitrogens is 2. The molecule has 170 valence electrons.